The van der Waals surface area contributed by atoms with E-state index in [1.165, 1.54) is 5.56 Å². The molecule has 2 aliphatic rings. The number of benzene rings is 2. The molecule has 1 amide bonds. The molecule has 0 spiro atoms. The van der Waals surface area contributed by atoms with Gasteiger partial charge in [-0.1, -0.05) is 24.3 Å². The molecule has 1 N–H and O–H groups in total. The van der Waals surface area contributed by atoms with Crippen LogP contribution in [-0.4, -0.2) is 11.5 Å². The Balaban J connectivity index is 1.72. The molecule has 2 aromatic carbocycles. The van der Waals surface area contributed by atoms with Crippen molar-refractivity contribution in [3.05, 3.63) is 59.2 Å². The lowest BCUT2D eigenvalue weighted by Crippen LogP contribution is -2.32. The van der Waals surface area contributed by atoms with Crippen molar-refractivity contribution in [3.8, 4) is 5.75 Å². The number of fused-ring (bicyclic) bond motifs is 2. The van der Waals surface area contributed by atoms with Crippen molar-refractivity contribution in [3.63, 3.8) is 0 Å². The van der Waals surface area contributed by atoms with E-state index in [0.29, 0.717) is 0 Å². The van der Waals surface area contributed by atoms with Gasteiger partial charge in [-0.3, -0.25) is 4.79 Å². The normalized spacial score (nSPS) is 19.7. The van der Waals surface area contributed by atoms with Gasteiger partial charge in [0.25, 0.3) is 5.91 Å². The predicted molar refractivity (Wildman–Crippen MR) is 92.4 cm³/mol. The standard InChI is InChI=1S/C20H19NO2/c1-20(2)10-9-14-11-13(7-8-18(14)23-20)12-16-15-5-3-4-6-17(15)21-19(16)22/h3-8,11-12H,9-10H2,1-2H3,(H,21,22)/b16-12-. The van der Waals surface area contributed by atoms with E-state index in [1.807, 2.05) is 42.5 Å². The zero-order valence-electron chi connectivity index (χ0n) is 13.3. The summed E-state index contributed by atoms with van der Waals surface area (Å²) in [7, 11) is 0. The number of aryl methyl sites for hydroxylation is 1. The highest BCUT2D eigenvalue weighted by Gasteiger charge is 2.27. The van der Waals surface area contributed by atoms with Crippen molar-refractivity contribution in [1.82, 2.24) is 0 Å². The van der Waals surface area contributed by atoms with E-state index >= 15 is 0 Å². The molecule has 4 rings (SSSR count). The second kappa shape index (κ2) is 4.98. The average molecular weight is 305 g/mol. The number of rotatable bonds is 1. The molecular formula is C20H19NO2. The van der Waals surface area contributed by atoms with E-state index in [-0.39, 0.29) is 11.5 Å². The largest absolute Gasteiger partial charge is 0.488 e. The minimum Gasteiger partial charge on any atom is -0.488 e. The van der Waals surface area contributed by atoms with Gasteiger partial charge in [0.05, 0.1) is 0 Å². The number of para-hydroxylation sites is 1. The van der Waals surface area contributed by atoms with Crippen LogP contribution in [0.4, 0.5) is 5.69 Å². The highest BCUT2D eigenvalue weighted by atomic mass is 16.5. The van der Waals surface area contributed by atoms with Gasteiger partial charge in [-0.25, -0.2) is 0 Å². The van der Waals surface area contributed by atoms with Crippen molar-refractivity contribution in [2.45, 2.75) is 32.3 Å². The fourth-order valence-corrected chi connectivity index (χ4v) is 3.22. The molecule has 0 saturated heterocycles. The summed E-state index contributed by atoms with van der Waals surface area (Å²) in [5.41, 5.74) is 4.72. The first-order valence-corrected chi connectivity index (χ1v) is 7.96. The van der Waals surface area contributed by atoms with E-state index in [2.05, 4.69) is 25.2 Å². The molecule has 116 valence electrons. The van der Waals surface area contributed by atoms with E-state index in [9.17, 15) is 4.79 Å². The van der Waals surface area contributed by atoms with Crippen LogP contribution in [0, 0.1) is 0 Å². The summed E-state index contributed by atoms with van der Waals surface area (Å²) in [6.07, 6.45) is 3.96. The maximum atomic E-state index is 12.2. The average Bonchev–Trinajstić information content (AvgIpc) is 2.83. The molecule has 0 radical (unpaired) electrons. The van der Waals surface area contributed by atoms with Gasteiger partial charge in [-0.15, -0.1) is 0 Å². The molecule has 2 aliphatic heterocycles. The Labute approximate surface area is 136 Å². The van der Waals surface area contributed by atoms with Gasteiger partial charge in [0.2, 0.25) is 0 Å². The Morgan fingerprint density at radius 2 is 2.00 bits per heavy atom. The lowest BCUT2D eigenvalue weighted by atomic mass is 9.93. The minimum absolute atomic E-state index is 0.0405. The summed E-state index contributed by atoms with van der Waals surface area (Å²) in [6.45, 7) is 4.23. The molecule has 0 saturated carbocycles. The number of hydrogen-bond donors (Lipinski definition) is 1. The topological polar surface area (TPSA) is 38.3 Å². The van der Waals surface area contributed by atoms with Crippen molar-refractivity contribution >= 4 is 23.2 Å². The van der Waals surface area contributed by atoms with Crippen molar-refractivity contribution in [1.29, 1.82) is 0 Å². The van der Waals surface area contributed by atoms with Gasteiger partial charge >= 0.3 is 0 Å². The van der Waals surface area contributed by atoms with Gasteiger partial charge < -0.3 is 10.1 Å². The lowest BCUT2D eigenvalue weighted by molar-refractivity contribution is -0.110. The summed E-state index contributed by atoms with van der Waals surface area (Å²) in [5, 5.41) is 2.91. The highest BCUT2D eigenvalue weighted by Crippen LogP contribution is 2.36. The summed E-state index contributed by atoms with van der Waals surface area (Å²) < 4.78 is 6.02. The maximum absolute atomic E-state index is 12.2. The second-order valence-electron chi connectivity index (χ2n) is 6.79. The van der Waals surface area contributed by atoms with Crippen LogP contribution in [0.2, 0.25) is 0 Å². The molecule has 0 aliphatic carbocycles. The lowest BCUT2D eigenvalue weighted by Gasteiger charge is -2.32. The first-order valence-electron chi connectivity index (χ1n) is 7.96. The van der Waals surface area contributed by atoms with Crippen LogP contribution in [0.25, 0.3) is 11.6 Å². The molecular weight excluding hydrogens is 286 g/mol. The van der Waals surface area contributed by atoms with Crippen molar-refractivity contribution in [2.75, 3.05) is 5.32 Å². The highest BCUT2D eigenvalue weighted by molar-refractivity contribution is 6.34. The number of ether oxygens (including phenoxy) is 1. The fraction of sp³-hybridized carbons (Fsp3) is 0.250. The number of anilines is 1. The number of carbonyl (C=O) groups excluding carboxylic acids is 1. The van der Waals surface area contributed by atoms with Crippen LogP contribution < -0.4 is 10.1 Å². The van der Waals surface area contributed by atoms with Gasteiger partial charge in [0, 0.05) is 16.8 Å². The van der Waals surface area contributed by atoms with E-state index in [4.69, 9.17) is 4.74 Å². The quantitative estimate of drug-likeness (QED) is 0.798. The Kier molecular flexibility index (Phi) is 3.05. The van der Waals surface area contributed by atoms with Crippen molar-refractivity contribution in [2.24, 2.45) is 0 Å². The molecule has 0 bridgehead atoms. The van der Waals surface area contributed by atoms with Crippen LogP contribution in [0.15, 0.2) is 42.5 Å². The zero-order chi connectivity index (χ0) is 16.0. The molecule has 3 nitrogen and oxygen atoms in total. The van der Waals surface area contributed by atoms with Crippen LogP contribution in [0.3, 0.4) is 0 Å². The van der Waals surface area contributed by atoms with Crippen LogP contribution in [0.5, 0.6) is 5.75 Å². The van der Waals surface area contributed by atoms with Crippen LogP contribution >= 0.6 is 0 Å². The Hall–Kier alpha value is -2.55. The third-order valence-electron chi connectivity index (χ3n) is 4.49. The smallest absolute Gasteiger partial charge is 0.256 e. The second-order valence-corrected chi connectivity index (χ2v) is 6.79. The van der Waals surface area contributed by atoms with Gasteiger partial charge in [-0.2, -0.15) is 0 Å². The first kappa shape index (κ1) is 14.1. The molecule has 0 unspecified atom stereocenters. The molecule has 2 heterocycles. The van der Waals surface area contributed by atoms with E-state index < -0.39 is 0 Å². The first-order chi connectivity index (χ1) is 11.0. The number of nitrogens with one attached hydrogen (secondary N) is 1. The summed E-state index contributed by atoms with van der Waals surface area (Å²) >= 11 is 0. The Morgan fingerprint density at radius 3 is 2.87 bits per heavy atom. The number of carbonyl (C=O) groups is 1. The van der Waals surface area contributed by atoms with Gasteiger partial charge in [0.1, 0.15) is 11.4 Å². The molecule has 2 aromatic rings. The van der Waals surface area contributed by atoms with Crippen molar-refractivity contribution < 1.29 is 9.53 Å². The minimum atomic E-state index is -0.0999. The monoisotopic (exact) mass is 305 g/mol. The summed E-state index contributed by atoms with van der Waals surface area (Å²) in [6, 6.07) is 13.9. The van der Waals surface area contributed by atoms with Gasteiger partial charge in [0.15, 0.2) is 0 Å². The van der Waals surface area contributed by atoms with Crippen LogP contribution in [0.1, 0.15) is 37.0 Å². The Bertz CT molecular complexity index is 833. The molecule has 3 heteroatoms. The summed E-state index contributed by atoms with van der Waals surface area (Å²) in [4.78, 5) is 12.2. The third-order valence-corrected chi connectivity index (χ3v) is 4.49. The predicted octanol–water partition coefficient (Wildman–Crippen LogP) is 4.28. The van der Waals surface area contributed by atoms with Gasteiger partial charge in [-0.05, 0) is 62.1 Å². The zero-order valence-corrected chi connectivity index (χ0v) is 13.3. The number of hydrogen-bond acceptors (Lipinski definition) is 2. The Morgan fingerprint density at radius 1 is 1.17 bits per heavy atom. The van der Waals surface area contributed by atoms with E-state index in [0.717, 1.165) is 41.0 Å². The fourth-order valence-electron chi connectivity index (χ4n) is 3.22. The SMILES string of the molecule is CC1(C)CCc2cc(/C=C3\C(=O)Nc4ccccc43)ccc2O1. The molecule has 0 fully saturated rings. The number of amides is 1. The maximum Gasteiger partial charge on any atom is 0.256 e. The third kappa shape index (κ3) is 2.52. The molecule has 0 aromatic heterocycles. The van der Waals surface area contributed by atoms with Crippen LogP contribution in [-0.2, 0) is 11.2 Å². The molecule has 0 atom stereocenters. The summed E-state index contributed by atoms with van der Waals surface area (Å²) in [5.74, 6) is 0.918. The van der Waals surface area contributed by atoms with E-state index in [1.54, 1.807) is 0 Å². The molecule has 23 heavy (non-hydrogen) atoms.